The Morgan fingerprint density at radius 3 is 2.70 bits per heavy atom. The molecule has 0 aliphatic carbocycles. The van der Waals surface area contributed by atoms with Gasteiger partial charge < -0.3 is 19.6 Å². The number of nitrogens with one attached hydrogen (secondary N) is 2. The lowest BCUT2D eigenvalue weighted by atomic mass is 10.1. The molecule has 3 aromatic rings. The standard InChI is InChI=1S/C25H34N6O.HI/c1-2-27-25(28-17-21-8-6-9-22(16-21)19-30-14-11-26-20-30)29-18-23(24-10-7-15-32-24)31-12-4-3-5-13-31;/h6-11,14-16,20,23H,2-5,12-13,17-19H2,1H3,(H2,27,28,29);1H. The molecule has 2 aromatic heterocycles. The SMILES string of the molecule is CCNC(=NCc1cccc(Cn2ccnc2)c1)NCC(c1ccco1)N1CCCCC1.I. The Morgan fingerprint density at radius 2 is 1.97 bits per heavy atom. The summed E-state index contributed by atoms with van der Waals surface area (Å²) in [5.74, 6) is 1.85. The molecule has 0 saturated carbocycles. The number of nitrogens with zero attached hydrogens (tertiary/aromatic N) is 4. The van der Waals surface area contributed by atoms with Crippen molar-refractivity contribution < 1.29 is 4.42 Å². The van der Waals surface area contributed by atoms with Gasteiger partial charge in [0.05, 0.1) is 25.2 Å². The van der Waals surface area contributed by atoms with Crippen LogP contribution in [0.4, 0.5) is 0 Å². The van der Waals surface area contributed by atoms with Crippen LogP contribution in [0.15, 0.2) is 70.8 Å². The van der Waals surface area contributed by atoms with Crippen LogP contribution in [-0.2, 0) is 13.1 Å². The van der Waals surface area contributed by atoms with Gasteiger partial charge in [-0.05, 0) is 56.1 Å². The number of hydrogen-bond donors (Lipinski definition) is 2. The topological polar surface area (TPSA) is 70.6 Å². The first-order chi connectivity index (χ1) is 15.8. The second-order valence-electron chi connectivity index (χ2n) is 8.26. The summed E-state index contributed by atoms with van der Waals surface area (Å²) in [6.45, 7) is 7.35. The Bertz CT molecular complexity index is 951. The summed E-state index contributed by atoms with van der Waals surface area (Å²) < 4.78 is 7.85. The lowest BCUT2D eigenvalue weighted by Gasteiger charge is -2.33. The zero-order chi connectivity index (χ0) is 22.0. The molecule has 1 fully saturated rings. The summed E-state index contributed by atoms with van der Waals surface area (Å²) in [4.78, 5) is 11.5. The van der Waals surface area contributed by atoms with Crippen LogP contribution in [0.25, 0.3) is 0 Å². The largest absolute Gasteiger partial charge is 0.468 e. The van der Waals surface area contributed by atoms with Crippen LogP contribution in [0.3, 0.4) is 0 Å². The predicted octanol–water partition coefficient (Wildman–Crippen LogP) is 4.42. The van der Waals surface area contributed by atoms with Crippen LogP contribution in [-0.4, -0.2) is 46.6 Å². The second-order valence-corrected chi connectivity index (χ2v) is 8.26. The van der Waals surface area contributed by atoms with E-state index in [9.17, 15) is 0 Å². The molecule has 1 aromatic carbocycles. The molecule has 0 amide bonds. The summed E-state index contributed by atoms with van der Waals surface area (Å²) in [6, 6.07) is 12.9. The van der Waals surface area contributed by atoms with Crippen LogP contribution in [0, 0.1) is 0 Å². The maximum absolute atomic E-state index is 5.78. The molecule has 7 nitrogen and oxygen atoms in total. The van der Waals surface area contributed by atoms with Crippen molar-refractivity contribution in [2.24, 2.45) is 4.99 Å². The number of benzene rings is 1. The summed E-state index contributed by atoms with van der Waals surface area (Å²) in [5.41, 5.74) is 2.44. The van der Waals surface area contributed by atoms with E-state index in [2.05, 4.69) is 62.3 Å². The smallest absolute Gasteiger partial charge is 0.191 e. The monoisotopic (exact) mass is 562 g/mol. The molecule has 1 saturated heterocycles. The fourth-order valence-electron chi connectivity index (χ4n) is 4.24. The minimum absolute atomic E-state index is 0. The zero-order valence-corrected chi connectivity index (χ0v) is 21.7. The molecule has 3 heterocycles. The molecule has 8 heteroatoms. The van der Waals surface area contributed by atoms with Crippen molar-refractivity contribution in [3.05, 3.63) is 78.3 Å². The number of aromatic nitrogens is 2. The van der Waals surface area contributed by atoms with Crippen molar-refractivity contribution in [1.82, 2.24) is 25.1 Å². The molecule has 1 unspecified atom stereocenters. The fraction of sp³-hybridized carbons (Fsp3) is 0.440. The first-order valence-electron chi connectivity index (χ1n) is 11.6. The minimum atomic E-state index is 0. The van der Waals surface area contributed by atoms with Gasteiger partial charge in [-0.3, -0.25) is 4.90 Å². The van der Waals surface area contributed by atoms with E-state index in [4.69, 9.17) is 9.41 Å². The van der Waals surface area contributed by atoms with Gasteiger partial charge in [-0.15, -0.1) is 24.0 Å². The molecule has 1 atom stereocenters. The van der Waals surface area contributed by atoms with E-state index in [1.54, 1.807) is 6.26 Å². The lowest BCUT2D eigenvalue weighted by Crippen LogP contribution is -2.44. The van der Waals surface area contributed by atoms with Crippen LogP contribution in [0.5, 0.6) is 0 Å². The number of likely N-dealkylation sites (tertiary alicyclic amines) is 1. The Labute approximate surface area is 213 Å². The Hall–Kier alpha value is -2.33. The summed E-state index contributed by atoms with van der Waals surface area (Å²) >= 11 is 0. The number of hydrogen-bond acceptors (Lipinski definition) is 4. The molecule has 33 heavy (non-hydrogen) atoms. The van der Waals surface area contributed by atoms with Gasteiger partial charge in [-0.1, -0.05) is 30.7 Å². The van der Waals surface area contributed by atoms with Gasteiger partial charge >= 0.3 is 0 Å². The first kappa shape index (κ1) is 25.3. The predicted molar refractivity (Wildman–Crippen MR) is 143 cm³/mol. The highest BCUT2D eigenvalue weighted by molar-refractivity contribution is 14.0. The van der Waals surface area contributed by atoms with Gasteiger partial charge in [0.1, 0.15) is 5.76 Å². The van der Waals surface area contributed by atoms with E-state index in [-0.39, 0.29) is 30.0 Å². The van der Waals surface area contributed by atoms with E-state index in [0.717, 1.165) is 44.4 Å². The van der Waals surface area contributed by atoms with E-state index in [1.807, 2.05) is 24.8 Å². The van der Waals surface area contributed by atoms with Crippen molar-refractivity contribution in [2.45, 2.75) is 45.3 Å². The summed E-state index contributed by atoms with van der Waals surface area (Å²) in [6.07, 6.45) is 11.2. The highest BCUT2D eigenvalue weighted by Gasteiger charge is 2.24. The van der Waals surface area contributed by atoms with Crippen molar-refractivity contribution in [3.63, 3.8) is 0 Å². The average molecular weight is 563 g/mol. The first-order valence-corrected chi connectivity index (χ1v) is 11.6. The molecular formula is C25H35IN6O. The normalized spacial score (nSPS) is 15.6. The van der Waals surface area contributed by atoms with Crippen LogP contribution in [0.1, 0.15) is 49.1 Å². The van der Waals surface area contributed by atoms with Crippen molar-refractivity contribution >= 4 is 29.9 Å². The molecule has 178 valence electrons. The maximum Gasteiger partial charge on any atom is 0.191 e. The lowest BCUT2D eigenvalue weighted by molar-refractivity contribution is 0.146. The highest BCUT2D eigenvalue weighted by atomic mass is 127. The molecular weight excluding hydrogens is 527 g/mol. The van der Waals surface area contributed by atoms with E-state index < -0.39 is 0 Å². The fourth-order valence-corrected chi connectivity index (χ4v) is 4.24. The third kappa shape index (κ3) is 7.60. The van der Waals surface area contributed by atoms with E-state index >= 15 is 0 Å². The van der Waals surface area contributed by atoms with Crippen molar-refractivity contribution in [2.75, 3.05) is 26.2 Å². The molecule has 0 spiro atoms. The molecule has 1 aliphatic rings. The molecule has 2 N–H and O–H groups in total. The highest BCUT2D eigenvalue weighted by Crippen LogP contribution is 2.24. The molecule has 0 radical (unpaired) electrons. The van der Waals surface area contributed by atoms with Crippen LogP contribution in [0.2, 0.25) is 0 Å². The maximum atomic E-state index is 5.78. The van der Waals surface area contributed by atoms with Crippen molar-refractivity contribution in [1.29, 1.82) is 0 Å². The number of furan rings is 1. The molecule has 1 aliphatic heterocycles. The summed E-state index contributed by atoms with van der Waals surface area (Å²) in [5, 5.41) is 6.94. The Morgan fingerprint density at radius 1 is 1.12 bits per heavy atom. The number of guanidine groups is 1. The van der Waals surface area contributed by atoms with Gasteiger partial charge in [0, 0.05) is 32.0 Å². The average Bonchev–Trinajstić information content (AvgIpc) is 3.53. The van der Waals surface area contributed by atoms with Gasteiger partial charge in [0.2, 0.25) is 0 Å². The number of aliphatic imine (C=N–C) groups is 1. The number of halogens is 1. The number of rotatable bonds is 9. The third-order valence-corrected chi connectivity index (χ3v) is 5.85. The van der Waals surface area contributed by atoms with Crippen LogP contribution < -0.4 is 10.6 Å². The van der Waals surface area contributed by atoms with Gasteiger partial charge in [-0.25, -0.2) is 9.98 Å². The summed E-state index contributed by atoms with van der Waals surface area (Å²) in [7, 11) is 0. The molecule has 4 rings (SSSR count). The Kier molecular flexibility index (Phi) is 10.3. The Balaban J connectivity index is 0.00000306. The second kappa shape index (κ2) is 13.4. The van der Waals surface area contributed by atoms with Gasteiger partial charge in [-0.2, -0.15) is 0 Å². The van der Waals surface area contributed by atoms with Crippen molar-refractivity contribution in [3.8, 4) is 0 Å². The van der Waals surface area contributed by atoms with Gasteiger partial charge in [0.15, 0.2) is 5.96 Å². The third-order valence-electron chi connectivity index (χ3n) is 5.85. The minimum Gasteiger partial charge on any atom is -0.468 e. The quantitative estimate of drug-likeness (QED) is 0.230. The van der Waals surface area contributed by atoms with E-state index in [1.165, 1.54) is 30.4 Å². The zero-order valence-electron chi connectivity index (χ0n) is 19.3. The number of piperidine rings is 1. The van der Waals surface area contributed by atoms with Gasteiger partial charge in [0.25, 0.3) is 0 Å². The molecule has 0 bridgehead atoms. The van der Waals surface area contributed by atoms with E-state index in [0.29, 0.717) is 6.54 Å². The van der Waals surface area contributed by atoms with Crippen LogP contribution >= 0.6 is 24.0 Å². The number of imidazole rings is 1.